The highest BCUT2D eigenvalue weighted by Crippen LogP contribution is 2.27. The number of hydrogen-bond donors (Lipinski definition) is 6. The van der Waals surface area contributed by atoms with Crippen molar-refractivity contribution >= 4 is 5.97 Å². The second-order valence-electron chi connectivity index (χ2n) is 5.06. The molecule has 1 saturated heterocycles. The van der Waals surface area contributed by atoms with E-state index in [0.29, 0.717) is 0 Å². The van der Waals surface area contributed by atoms with Crippen LogP contribution in [0.4, 0.5) is 0 Å². The van der Waals surface area contributed by atoms with Crippen molar-refractivity contribution in [3.05, 3.63) is 11.9 Å². The molecule has 1 aliphatic heterocycles. The average molecular weight is 318 g/mol. The van der Waals surface area contributed by atoms with Gasteiger partial charge in [-0.05, 0) is 0 Å². The maximum atomic E-state index is 10.7. The Kier molecular flexibility index (Phi) is 5.05. The van der Waals surface area contributed by atoms with Crippen LogP contribution in [0, 0.1) is 0 Å². The Morgan fingerprint density at radius 1 is 1.36 bits per heavy atom. The highest BCUT2D eigenvalue weighted by Gasteiger charge is 2.44. The molecular weight excluding hydrogens is 300 g/mol. The van der Waals surface area contributed by atoms with E-state index in [4.69, 9.17) is 20.7 Å². The molecule has 1 fully saturated rings. The predicted octanol–water partition coefficient (Wildman–Crippen LogP) is -3.80. The molecule has 11 heteroatoms. The summed E-state index contributed by atoms with van der Waals surface area (Å²) in [6.07, 6.45) is -5.53. The normalized spacial score (nSPS) is 33.6. The van der Waals surface area contributed by atoms with Gasteiger partial charge in [0.25, 0.3) is 0 Å². The fraction of sp³-hybridized carbons (Fsp3) is 0.727. The van der Waals surface area contributed by atoms with Crippen LogP contribution in [-0.4, -0.2) is 83.6 Å². The molecule has 2 unspecified atom stereocenters. The number of aliphatic hydroxyl groups is 4. The van der Waals surface area contributed by atoms with Crippen molar-refractivity contribution in [1.82, 2.24) is 15.0 Å². The number of nitrogens with zero attached hydrogens (tertiary/aromatic N) is 3. The van der Waals surface area contributed by atoms with E-state index in [-0.39, 0.29) is 12.1 Å². The highest BCUT2D eigenvalue weighted by molar-refractivity contribution is 5.73. The van der Waals surface area contributed by atoms with Gasteiger partial charge in [-0.25, -0.2) is 4.68 Å². The lowest BCUT2D eigenvalue weighted by atomic mass is 9.98. The molecule has 1 aromatic heterocycles. The number of aliphatic carboxylic acids is 1. The Balaban J connectivity index is 2.13. The Morgan fingerprint density at radius 2 is 2.05 bits per heavy atom. The number of ether oxygens (including phenoxy) is 1. The van der Waals surface area contributed by atoms with Gasteiger partial charge < -0.3 is 36.0 Å². The van der Waals surface area contributed by atoms with Crippen LogP contribution in [0.5, 0.6) is 0 Å². The Hall–Kier alpha value is -1.63. The lowest BCUT2D eigenvalue weighted by molar-refractivity contribution is -0.254. The first kappa shape index (κ1) is 16.7. The third-order valence-electron chi connectivity index (χ3n) is 3.43. The van der Waals surface area contributed by atoms with Gasteiger partial charge in [-0.2, -0.15) is 0 Å². The number of rotatable bonds is 5. The zero-order valence-electron chi connectivity index (χ0n) is 11.4. The molecule has 2 heterocycles. The maximum absolute atomic E-state index is 10.7. The topological polar surface area (TPSA) is 184 Å². The zero-order valence-corrected chi connectivity index (χ0v) is 11.4. The number of carbonyl (C=O) groups is 1. The van der Waals surface area contributed by atoms with Crippen LogP contribution in [0.1, 0.15) is 11.9 Å². The van der Waals surface area contributed by atoms with Crippen molar-refractivity contribution in [2.24, 2.45) is 5.73 Å². The summed E-state index contributed by atoms with van der Waals surface area (Å²) in [5, 5.41) is 54.6. The van der Waals surface area contributed by atoms with Crippen LogP contribution in [0.2, 0.25) is 0 Å². The van der Waals surface area contributed by atoms with Gasteiger partial charge in [-0.3, -0.25) is 4.79 Å². The summed E-state index contributed by atoms with van der Waals surface area (Å²) in [6.45, 7) is -0.563. The first-order valence-electron chi connectivity index (χ1n) is 6.54. The van der Waals surface area contributed by atoms with Gasteiger partial charge in [0.15, 0.2) is 6.23 Å². The molecule has 124 valence electrons. The second kappa shape index (κ2) is 6.64. The molecule has 1 aliphatic rings. The third kappa shape index (κ3) is 3.24. The van der Waals surface area contributed by atoms with E-state index in [1.807, 2.05) is 0 Å². The minimum Gasteiger partial charge on any atom is -0.480 e. The molecule has 1 aromatic rings. The number of carboxylic acid groups (broad SMARTS) is 1. The molecule has 0 amide bonds. The summed E-state index contributed by atoms with van der Waals surface area (Å²) >= 11 is 0. The van der Waals surface area contributed by atoms with Crippen LogP contribution < -0.4 is 5.73 Å². The van der Waals surface area contributed by atoms with Gasteiger partial charge in [0.05, 0.1) is 18.5 Å². The largest absolute Gasteiger partial charge is 0.480 e. The molecule has 0 spiro atoms. The van der Waals surface area contributed by atoms with E-state index in [0.717, 1.165) is 4.68 Å². The molecule has 7 N–H and O–H groups in total. The monoisotopic (exact) mass is 318 g/mol. The number of aliphatic hydroxyl groups excluding tert-OH is 4. The van der Waals surface area contributed by atoms with Gasteiger partial charge in [-0.15, -0.1) is 5.10 Å². The number of hydrogen-bond acceptors (Lipinski definition) is 9. The molecule has 6 atom stereocenters. The van der Waals surface area contributed by atoms with Crippen LogP contribution in [-0.2, 0) is 16.0 Å². The minimum atomic E-state index is -1.54. The van der Waals surface area contributed by atoms with Crippen molar-refractivity contribution in [3.63, 3.8) is 0 Å². The molecule has 2 rings (SSSR count). The Labute approximate surface area is 124 Å². The fourth-order valence-corrected chi connectivity index (χ4v) is 2.14. The second-order valence-corrected chi connectivity index (χ2v) is 5.06. The quantitative estimate of drug-likeness (QED) is 0.314. The van der Waals surface area contributed by atoms with E-state index < -0.39 is 49.3 Å². The molecule has 0 saturated carbocycles. The van der Waals surface area contributed by atoms with Crippen molar-refractivity contribution in [3.8, 4) is 0 Å². The number of carboxylic acids is 1. The van der Waals surface area contributed by atoms with Gasteiger partial charge in [0, 0.05) is 6.42 Å². The SMILES string of the molecule is N[C@@H](Cc1cn([C@@H]2OC(CO)[C@H](O)[C@H](O)C2O)nn1)C(=O)O. The van der Waals surface area contributed by atoms with Crippen molar-refractivity contribution in [1.29, 1.82) is 0 Å². The molecule has 22 heavy (non-hydrogen) atoms. The first-order chi connectivity index (χ1) is 10.3. The van der Waals surface area contributed by atoms with E-state index >= 15 is 0 Å². The van der Waals surface area contributed by atoms with Crippen molar-refractivity contribution < 1.29 is 35.1 Å². The molecule has 11 nitrogen and oxygen atoms in total. The van der Waals surface area contributed by atoms with Crippen LogP contribution >= 0.6 is 0 Å². The zero-order chi connectivity index (χ0) is 16.4. The molecular formula is C11H18N4O7. The van der Waals surface area contributed by atoms with Crippen molar-refractivity contribution in [2.45, 2.75) is 43.1 Å². The lowest BCUT2D eigenvalue weighted by Crippen LogP contribution is -2.56. The minimum absolute atomic E-state index is 0.0766. The summed E-state index contributed by atoms with van der Waals surface area (Å²) in [7, 11) is 0. The van der Waals surface area contributed by atoms with Gasteiger partial charge in [-0.1, -0.05) is 5.21 Å². The smallest absolute Gasteiger partial charge is 0.320 e. The maximum Gasteiger partial charge on any atom is 0.320 e. The highest BCUT2D eigenvalue weighted by atomic mass is 16.6. The van der Waals surface area contributed by atoms with E-state index in [9.17, 15) is 20.1 Å². The predicted molar refractivity (Wildman–Crippen MR) is 68.4 cm³/mol. The van der Waals surface area contributed by atoms with Crippen LogP contribution in [0.3, 0.4) is 0 Å². The van der Waals surface area contributed by atoms with E-state index in [2.05, 4.69) is 10.3 Å². The summed E-state index contributed by atoms with van der Waals surface area (Å²) in [4.78, 5) is 10.7. The Morgan fingerprint density at radius 3 is 2.64 bits per heavy atom. The third-order valence-corrected chi connectivity index (χ3v) is 3.43. The molecule has 0 aromatic carbocycles. The summed E-state index contributed by atoms with van der Waals surface area (Å²) < 4.78 is 6.36. The van der Waals surface area contributed by atoms with Gasteiger partial charge >= 0.3 is 5.97 Å². The number of nitrogens with two attached hydrogens (primary N) is 1. The van der Waals surface area contributed by atoms with Gasteiger partial charge in [0.1, 0.15) is 30.5 Å². The van der Waals surface area contributed by atoms with Crippen molar-refractivity contribution in [2.75, 3.05) is 6.61 Å². The standard InChI is InChI=1S/C11H18N4O7/c12-5(11(20)21)1-4-2-15(14-13-4)10-9(19)8(18)7(17)6(3-16)22-10/h2,5-10,16-19H,1,3,12H2,(H,20,21)/t5-,6?,7-,8-,9?,10+/m0/s1. The van der Waals surface area contributed by atoms with Crippen LogP contribution in [0.25, 0.3) is 0 Å². The first-order valence-corrected chi connectivity index (χ1v) is 6.54. The van der Waals surface area contributed by atoms with Gasteiger partial charge in [0.2, 0.25) is 0 Å². The summed E-state index contributed by atoms with van der Waals surface area (Å²) in [6, 6.07) is -1.15. The lowest BCUT2D eigenvalue weighted by Gasteiger charge is -2.39. The van der Waals surface area contributed by atoms with E-state index in [1.54, 1.807) is 0 Å². The summed E-state index contributed by atoms with van der Waals surface area (Å²) in [5.74, 6) is -1.19. The average Bonchev–Trinajstić information content (AvgIpc) is 2.93. The molecule has 0 aliphatic carbocycles. The summed E-state index contributed by atoms with van der Waals surface area (Å²) in [5.41, 5.74) is 5.64. The van der Waals surface area contributed by atoms with Crippen LogP contribution in [0.15, 0.2) is 6.20 Å². The molecule has 0 radical (unpaired) electrons. The number of aromatic nitrogens is 3. The fourth-order valence-electron chi connectivity index (χ4n) is 2.14. The Bertz CT molecular complexity index is 522. The van der Waals surface area contributed by atoms with E-state index in [1.165, 1.54) is 6.20 Å². The molecule has 0 bridgehead atoms.